The highest BCUT2D eigenvalue weighted by Gasteiger charge is 2.26. The third kappa shape index (κ3) is 5.63. The lowest BCUT2D eigenvalue weighted by Crippen LogP contribution is -2.52. The van der Waals surface area contributed by atoms with E-state index in [0.29, 0.717) is 49.3 Å². The Morgan fingerprint density at radius 2 is 1.79 bits per heavy atom. The van der Waals surface area contributed by atoms with Crippen LogP contribution in [0.5, 0.6) is 0 Å². The van der Waals surface area contributed by atoms with Crippen molar-refractivity contribution in [3.05, 3.63) is 47.8 Å². The smallest absolute Gasteiger partial charge is 0.255 e. The first-order valence-electron chi connectivity index (χ1n) is 11.8. The lowest BCUT2D eigenvalue weighted by Gasteiger charge is -2.36. The average molecular weight is 467 g/mol. The Morgan fingerprint density at radius 1 is 1.09 bits per heavy atom. The Balaban J connectivity index is 1.23. The van der Waals surface area contributed by atoms with E-state index < -0.39 is 0 Å². The van der Waals surface area contributed by atoms with Gasteiger partial charge in [0.1, 0.15) is 11.6 Å². The molecule has 2 aromatic heterocycles. The predicted octanol–water partition coefficient (Wildman–Crippen LogP) is 1.10. The number of likely N-dealkylation sites (tertiary alicyclic amines) is 1. The van der Waals surface area contributed by atoms with Crippen LogP contribution in [-0.4, -0.2) is 95.0 Å². The van der Waals surface area contributed by atoms with Crippen LogP contribution < -0.4 is 16.4 Å². The third-order valence-corrected chi connectivity index (χ3v) is 6.69. The zero-order chi connectivity index (χ0) is 24.1. The minimum atomic E-state index is 0.000718. The molecule has 0 bridgehead atoms. The SMILES string of the molecule is C[C@H]1CNCCN1C(=O)c1ccc(NCN(C)C2CCN(C(=O)c3ccc(N)nc3)CC2)nc1. The van der Waals surface area contributed by atoms with Crippen LogP contribution in [-0.2, 0) is 0 Å². The number of piperazine rings is 1. The number of anilines is 2. The van der Waals surface area contributed by atoms with Crippen molar-refractivity contribution >= 4 is 23.5 Å². The van der Waals surface area contributed by atoms with E-state index in [1.54, 1.807) is 18.3 Å². The minimum Gasteiger partial charge on any atom is -0.384 e. The van der Waals surface area contributed by atoms with Gasteiger partial charge in [0, 0.05) is 57.2 Å². The second-order valence-corrected chi connectivity index (χ2v) is 9.07. The number of nitrogens with zero attached hydrogens (tertiary/aromatic N) is 5. The van der Waals surface area contributed by atoms with E-state index in [1.165, 1.54) is 6.20 Å². The van der Waals surface area contributed by atoms with E-state index in [9.17, 15) is 9.59 Å². The van der Waals surface area contributed by atoms with Gasteiger partial charge in [-0.25, -0.2) is 9.97 Å². The summed E-state index contributed by atoms with van der Waals surface area (Å²) in [5.74, 6) is 1.18. The highest BCUT2D eigenvalue weighted by Crippen LogP contribution is 2.18. The van der Waals surface area contributed by atoms with Crippen LogP contribution in [0.15, 0.2) is 36.7 Å². The van der Waals surface area contributed by atoms with Gasteiger partial charge >= 0.3 is 0 Å². The fourth-order valence-corrected chi connectivity index (χ4v) is 4.49. The van der Waals surface area contributed by atoms with Crippen molar-refractivity contribution in [3.8, 4) is 0 Å². The molecule has 10 heteroatoms. The summed E-state index contributed by atoms with van der Waals surface area (Å²) in [6.07, 6.45) is 4.98. The quantitative estimate of drug-likeness (QED) is 0.542. The first-order valence-corrected chi connectivity index (χ1v) is 11.8. The van der Waals surface area contributed by atoms with Crippen molar-refractivity contribution in [2.45, 2.75) is 31.8 Å². The average Bonchev–Trinajstić information content (AvgIpc) is 2.87. The van der Waals surface area contributed by atoms with Gasteiger partial charge < -0.3 is 26.2 Å². The molecule has 34 heavy (non-hydrogen) atoms. The number of hydrogen-bond acceptors (Lipinski definition) is 8. The molecule has 1 atom stereocenters. The van der Waals surface area contributed by atoms with Gasteiger partial charge in [-0.3, -0.25) is 14.5 Å². The summed E-state index contributed by atoms with van der Waals surface area (Å²) in [6, 6.07) is 7.62. The van der Waals surface area contributed by atoms with Gasteiger partial charge in [-0.05, 0) is 51.1 Å². The highest BCUT2D eigenvalue weighted by atomic mass is 16.2. The summed E-state index contributed by atoms with van der Waals surface area (Å²) in [5, 5.41) is 6.64. The summed E-state index contributed by atoms with van der Waals surface area (Å²) in [4.78, 5) is 39.9. The second kappa shape index (κ2) is 10.8. The highest BCUT2D eigenvalue weighted by molar-refractivity contribution is 5.94. The third-order valence-electron chi connectivity index (χ3n) is 6.69. The molecule has 10 nitrogen and oxygen atoms in total. The number of nitrogens with one attached hydrogen (secondary N) is 2. The van der Waals surface area contributed by atoms with Crippen molar-refractivity contribution in [1.29, 1.82) is 0 Å². The molecule has 0 saturated carbocycles. The van der Waals surface area contributed by atoms with Gasteiger partial charge in [-0.15, -0.1) is 0 Å². The van der Waals surface area contributed by atoms with E-state index in [0.717, 1.165) is 31.7 Å². The molecule has 0 aromatic carbocycles. The van der Waals surface area contributed by atoms with E-state index in [2.05, 4.69) is 39.5 Å². The molecule has 2 aliphatic heterocycles. The molecule has 0 spiro atoms. The van der Waals surface area contributed by atoms with Crippen LogP contribution in [0, 0.1) is 0 Å². The Hall–Kier alpha value is -3.24. The van der Waals surface area contributed by atoms with Gasteiger partial charge in [-0.2, -0.15) is 0 Å². The normalized spacial score (nSPS) is 19.3. The molecule has 2 aromatic rings. The molecule has 0 aliphatic carbocycles. The Morgan fingerprint density at radius 3 is 2.44 bits per heavy atom. The number of pyridine rings is 2. The summed E-state index contributed by atoms with van der Waals surface area (Å²) in [5.41, 5.74) is 6.80. The predicted molar refractivity (Wildman–Crippen MR) is 131 cm³/mol. The standard InChI is InChI=1S/C24H34N8O2/c1-17-13-26-9-12-32(17)24(34)19-4-6-22(28-15-19)29-16-30(2)20-7-10-31(11-8-20)23(33)18-3-5-21(25)27-14-18/h3-6,14-15,17,20,26H,7-13,16H2,1-2H3,(H2,25,27)(H,28,29)/t17-/m0/s1. The van der Waals surface area contributed by atoms with Crippen molar-refractivity contribution < 1.29 is 9.59 Å². The molecule has 0 unspecified atom stereocenters. The number of carbonyl (C=O) groups is 2. The number of amides is 2. The van der Waals surface area contributed by atoms with Crippen molar-refractivity contribution in [1.82, 2.24) is 30.0 Å². The van der Waals surface area contributed by atoms with E-state index >= 15 is 0 Å². The second-order valence-electron chi connectivity index (χ2n) is 9.07. The van der Waals surface area contributed by atoms with Crippen LogP contribution in [0.2, 0.25) is 0 Å². The fraction of sp³-hybridized carbons (Fsp3) is 0.500. The number of aromatic nitrogens is 2. The van der Waals surface area contributed by atoms with Crippen LogP contribution in [0.25, 0.3) is 0 Å². The van der Waals surface area contributed by atoms with Crippen LogP contribution in [0.3, 0.4) is 0 Å². The Bertz CT molecular complexity index is 973. The minimum absolute atomic E-state index is 0.000718. The topological polar surface area (TPSA) is 120 Å². The number of carbonyl (C=O) groups excluding carboxylic acids is 2. The maximum absolute atomic E-state index is 12.8. The number of rotatable bonds is 6. The van der Waals surface area contributed by atoms with Crippen LogP contribution >= 0.6 is 0 Å². The van der Waals surface area contributed by atoms with Crippen LogP contribution in [0.1, 0.15) is 40.5 Å². The molecule has 4 heterocycles. The zero-order valence-corrected chi connectivity index (χ0v) is 19.9. The van der Waals surface area contributed by atoms with Crippen molar-refractivity contribution in [3.63, 3.8) is 0 Å². The molecule has 0 radical (unpaired) electrons. The first kappa shape index (κ1) is 23.9. The maximum atomic E-state index is 12.8. The number of nitrogen functional groups attached to an aromatic ring is 1. The van der Waals surface area contributed by atoms with Gasteiger partial charge in [0.2, 0.25) is 0 Å². The summed E-state index contributed by atoms with van der Waals surface area (Å²) >= 11 is 0. The van der Waals surface area contributed by atoms with Crippen molar-refractivity contribution in [2.24, 2.45) is 0 Å². The fourth-order valence-electron chi connectivity index (χ4n) is 4.49. The van der Waals surface area contributed by atoms with E-state index in [4.69, 9.17) is 5.73 Å². The number of nitrogens with two attached hydrogens (primary N) is 1. The molecule has 2 fully saturated rings. The lowest BCUT2D eigenvalue weighted by molar-refractivity contribution is 0.0646. The summed E-state index contributed by atoms with van der Waals surface area (Å²) in [6.45, 7) is 6.45. The van der Waals surface area contributed by atoms with Crippen LogP contribution in [0.4, 0.5) is 11.6 Å². The van der Waals surface area contributed by atoms with Crippen molar-refractivity contribution in [2.75, 3.05) is 57.5 Å². The van der Waals surface area contributed by atoms with Gasteiger partial charge in [0.05, 0.1) is 17.8 Å². The van der Waals surface area contributed by atoms with E-state index in [1.807, 2.05) is 21.9 Å². The van der Waals surface area contributed by atoms with E-state index in [-0.39, 0.29) is 17.9 Å². The first-order chi connectivity index (χ1) is 16.4. The largest absolute Gasteiger partial charge is 0.384 e. The molecular formula is C24H34N8O2. The van der Waals surface area contributed by atoms with Gasteiger partial charge in [0.25, 0.3) is 11.8 Å². The molecular weight excluding hydrogens is 432 g/mol. The number of piperidine rings is 1. The molecule has 182 valence electrons. The lowest BCUT2D eigenvalue weighted by atomic mass is 10.0. The number of hydrogen-bond donors (Lipinski definition) is 3. The van der Waals surface area contributed by atoms with Gasteiger partial charge in [-0.1, -0.05) is 0 Å². The molecule has 2 amide bonds. The maximum Gasteiger partial charge on any atom is 0.255 e. The monoisotopic (exact) mass is 466 g/mol. The molecule has 4 N–H and O–H groups in total. The summed E-state index contributed by atoms with van der Waals surface area (Å²) in [7, 11) is 2.07. The Kier molecular flexibility index (Phi) is 7.59. The molecule has 2 aliphatic rings. The molecule has 4 rings (SSSR count). The zero-order valence-electron chi connectivity index (χ0n) is 19.9. The summed E-state index contributed by atoms with van der Waals surface area (Å²) < 4.78 is 0. The Labute approximate surface area is 200 Å². The molecule has 2 saturated heterocycles. The van der Waals surface area contributed by atoms with Gasteiger partial charge in [0.15, 0.2) is 0 Å².